The van der Waals surface area contributed by atoms with Crippen molar-refractivity contribution in [2.24, 2.45) is 11.3 Å². The van der Waals surface area contributed by atoms with Gasteiger partial charge in [0.05, 0.1) is 0 Å². The summed E-state index contributed by atoms with van der Waals surface area (Å²) in [5.41, 5.74) is -2.73. The van der Waals surface area contributed by atoms with Gasteiger partial charge in [0, 0.05) is 13.3 Å². The van der Waals surface area contributed by atoms with Crippen molar-refractivity contribution in [3.63, 3.8) is 0 Å². The molecule has 156 valence electrons. The predicted molar refractivity (Wildman–Crippen MR) is 106 cm³/mol. The van der Waals surface area contributed by atoms with Gasteiger partial charge in [-0.1, -0.05) is 40.7 Å². The Balaban J connectivity index is 3.10. The molecule has 0 bridgehead atoms. The maximum atomic E-state index is 13.0. The van der Waals surface area contributed by atoms with Crippen LogP contribution in [0.2, 0.25) is 0 Å². The summed E-state index contributed by atoms with van der Waals surface area (Å²) >= 11 is 0. The molecule has 8 nitrogen and oxygen atoms in total. The second kappa shape index (κ2) is 9.64. The number of methoxy groups -OCH3 is 1. The van der Waals surface area contributed by atoms with Crippen molar-refractivity contribution in [2.45, 2.75) is 59.1 Å². The Bertz CT molecular complexity index is 685. The molecule has 0 radical (unpaired) electrons. The van der Waals surface area contributed by atoms with E-state index < -0.39 is 34.8 Å². The molecule has 1 aromatic heterocycles. The first-order chi connectivity index (χ1) is 12.9. The van der Waals surface area contributed by atoms with E-state index >= 15 is 0 Å². The molecule has 0 unspecified atom stereocenters. The molecule has 1 aromatic rings. The molecule has 0 fully saturated rings. The van der Waals surface area contributed by atoms with Crippen LogP contribution in [0.25, 0.3) is 0 Å². The lowest BCUT2D eigenvalue weighted by Crippen LogP contribution is -2.61. The number of amides is 2. The Morgan fingerprint density at radius 2 is 1.86 bits per heavy atom. The van der Waals surface area contributed by atoms with E-state index in [1.165, 1.54) is 13.3 Å². The minimum absolute atomic E-state index is 0.00105. The number of carbonyl (C=O) groups is 3. The molecule has 28 heavy (non-hydrogen) atoms. The van der Waals surface area contributed by atoms with Crippen molar-refractivity contribution in [2.75, 3.05) is 12.4 Å². The maximum Gasteiger partial charge on any atom is 0.345 e. The number of hydrogen-bond acceptors (Lipinski definition) is 5. The molecular weight excluding hydrogens is 362 g/mol. The third kappa shape index (κ3) is 6.02. The average molecular weight is 393 g/mol. The van der Waals surface area contributed by atoms with E-state index in [1.807, 2.05) is 13.8 Å². The third-order valence-corrected chi connectivity index (χ3v) is 4.45. The molecule has 0 aliphatic carbocycles. The van der Waals surface area contributed by atoms with E-state index in [-0.39, 0.29) is 12.3 Å². The zero-order chi connectivity index (χ0) is 21.5. The largest absolute Gasteiger partial charge is 0.479 e. The monoisotopic (exact) mass is 393 g/mol. The van der Waals surface area contributed by atoms with Gasteiger partial charge < -0.3 is 20.5 Å². The fourth-order valence-corrected chi connectivity index (χ4v) is 2.65. The summed E-state index contributed by atoms with van der Waals surface area (Å²) in [5, 5.41) is 14.9. The van der Waals surface area contributed by atoms with Crippen molar-refractivity contribution >= 4 is 23.6 Å². The van der Waals surface area contributed by atoms with Crippen molar-refractivity contribution in [1.82, 2.24) is 10.3 Å². The van der Waals surface area contributed by atoms with Gasteiger partial charge in [0.1, 0.15) is 11.9 Å². The van der Waals surface area contributed by atoms with Crippen LogP contribution < -0.4 is 10.6 Å². The molecule has 0 aliphatic heterocycles. The second-order valence-electron chi connectivity index (χ2n) is 8.25. The van der Waals surface area contributed by atoms with Gasteiger partial charge in [-0.15, -0.1) is 0 Å². The highest BCUT2D eigenvalue weighted by Gasteiger charge is 2.48. The minimum Gasteiger partial charge on any atom is -0.479 e. The molecular formula is C20H31N3O5. The van der Waals surface area contributed by atoms with Gasteiger partial charge in [-0.25, -0.2) is 9.78 Å². The van der Waals surface area contributed by atoms with Gasteiger partial charge in [0.2, 0.25) is 11.5 Å². The number of hydrogen-bond donors (Lipinski definition) is 3. The Morgan fingerprint density at radius 1 is 1.21 bits per heavy atom. The zero-order valence-electron chi connectivity index (χ0n) is 17.4. The molecule has 2 amide bonds. The molecule has 8 heteroatoms. The maximum absolute atomic E-state index is 13.0. The van der Waals surface area contributed by atoms with Crippen LogP contribution in [0, 0.1) is 11.3 Å². The Labute approximate surface area is 166 Å². The summed E-state index contributed by atoms with van der Waals surface area (Å²) in [4.78, 5) is 41.7. The van der Waals surface area contributed by atoms with Crippen molar-refractivity contribution < 1.29 is 24.2 Å². The first kappa shape index (κ1) is 23.6. The standard InChI is InChI=1S/C20H31N3O5/c1-13(2)10-11-20(28-6,18(26)27)17(25)23-15(19(3,4)5)16(24)22-14-9-7-8-12-21-14/h7-9,12-13,15H,10-11H2,1-6H3,(H,23,25)(H,26,27)(H,21,22,24)/t15-,20+/m1/s1. The third-order valence-electron chi connectivity index (χ3n) is 4.45. The highest BCUT2D eigenvalue weighted by molar-refractivity contribution is 6.07. The van der Waals surface area contributed by atoms with Crippen LogP contribution >= 0.6 is 0 Å². The van der Waals surface area contributed by atoms with E-state index in [1.54, 1.807) is 39.0 Å². The summed E-state index contributed by atoms with van der Waals surface area (Å²) in [6.45, 7) is 9.19. The normalized spacial score (nSPS) is 14.8. The van der Waals surface area contributed by atoms with Crippen LogP contribution in [0.5, 0.6) is 0 Å². The number of ether oxygens (including phenoxy) is 1. The van der Waals surface area contributed by atoms with Crippen LogP contribution in [0.3, 0.4) is 0 Å². The quantitative estimate of drug-likeness (QED) is 0.555. The number of anilines is 1. The molecule has 3 N–H and O–H groups in total. The number of carbonyl (C=O) groups excluding carboxylic acids is 2. The minimum atomic E-state index is -2.06. The Morgan fingerprint density at radius 3 is 2.29 bits per heavy atom. The molecule has 0 spiro atoms. The lowest BCUT2D eigenvalue weighted by Gasteiger charge is -2.34. The van der Waals surface area contributed by atoms with Crippen LogP contribution in [0.15, 0.2) is 24.4 Å². The fraction of sp³-hybridized carbons (Fsp3) is 0.600. The van der Waals surface area contributed by atoms with Crippen molar-refractivity contribution in [1.29, 1.82) is 0 Å². The highest BCUT2D eigenvalue weighted by atomic mass is 16.5. The average Bonchev–Trinajstić information content (AvgIpc) is 2.59. The lowest BCUT2D eigenvalue weighted by atomic mass is 9.84. The van der Waals surface area contributed by atoms with E-state index in [0.717, 1.165) is 0 Å². The van der Waals surface area contributed by atoms with Crippen LogP contribution in [0.1, 0.15) is 47.5 Å². The van der Waals surface area contributed by atoms with E-state index in [2.05, 4.69) is 15.6 Å². The number of aliphatic carboxylic acids is 1. The summed E-state index contributed by atoms with van der Waals surface area (Å²) in [6.07, 6.45) is 2.02. The first-order valence-electron chi connectivity index (χ1n) is 9.25. The van der Waals surface area contributed by atoms with E-state index in [4.69, 9.17) is 4.74 Å². The molecule has 0 aliphatic rings. The molecule has 0 aromatic carbocycles. The number of carboxylic acid groups (broad SMARTS) is 1. The van der Waals surface area contributed by atoms with Gasteiger partial charge in [0.15, 0.2) is 0 Å². The van der Waals surface area contributed by atoms with Crippen molar-refractivity contribution in [3.8, 4) is 0 Å². The Hall–Kier alpha value is -2.48. The number of carboxylic acids is 1. The molecule has 2 atom stereocenters. The zero-order valence-corrected chi connectivity index (χ0v) is 17.4. The molecule has 0 saturated carbocycles. The fourth-order valence-electron chi connectivity index (χ4n) is 2.65. The summed E-state index contributed by atoms with van der Waals surface area (Å²) in [5.74, 6) is -2.19. The molecule has 0 saturated heterocycles. The van der Waals surface area contributed by atoms with Crippen molar-refractivity contribution in [3.05, 3.63) is 24.4 Å². The molecule has 1 rings (SSSR count). The highest BCUT2D eigenvalue weighted by Crippen LogP contribution is 2.25. The van der Waals surface area contributed by atoms with Gasteiger partial charge in [-0.05, 0) is 36.3 Å². The number of pyridine rings is 1. The lowest BCUT2D eigenvalue weighted by molar-refractivity contribution is -0.172. The number of aromatic nitrogens is 1. The van der Waals surface area contributed by atoms with Gasteiger partial charge >= 0.3 is 5.97 Å². The van der Waals surface area contributed by atoms with Crippen LogP contribution in [0.4, 0.5) is 5.82 Å². The van der Waals surface area contributed by atoms with Gasteiger partial charge in [0.25, 0.3) is 5.91 Å². The Kier molecular flexibility index (Phi) is 8.11. The first-order valence-corrected chi connectivity index (χ1v) is 9.25. The van der Waals surface area contributed by atoms with Gasteiger partial charge in [-0.2, -0.15) is 0 Å². The van der Waals surface area contributed by atoms with E-state index in [0.29, 0.717) is 12.2 Å². The SMILES string of the molecule is CO[C@](CCC(C)C)(C(=O)O)C(=O)N[C@H](C(=O)Nc1ccccn1)C(C)(C)C. The summed E-state index contributed by atoms with van der Waals surface area (Å²) < 4.78 is 5.17. The summed E-state index contributed by atoms with van der Waals surface area (Å²) in [6, 6.07) is 4.07. The number of nitrogens with zero attached hydrogens (tertiary/aromatic N) is 1. The van der Waals surface area contributed by atoms with E-state index in [9.17, 15) is 19.5 Å². The van der Waals surface area contributed by atoms with Crippen LogP contribution in [-0.2, 0) is 19.1 Å². The second-order valence-corrected chi connectivity index (χ2v) is 8.25. The number of nitrogens with one attached hydrogen (secondary N) is 2. The topological polar surface area (TPSA) is 118 Å². The van der Waals surface area contributed by atoms with Gasteiger partial charge in [-0.3, -0.25) is 9.59 Å². The predicted octanol–water partition coefficient (Wildman–Crippen LogP) is 2.46. The number of rotatable bonds is 9. The van der Waals surface area contributed by atoms with Crippen LogP contribution in [-0.4, -0.2) is 46.6 Å². The smallest absolute Gasteiger partial charge is 0.345 e. The summed E-state index contributed by atoms with van der Waals surface area (Å²) in [7, 11) is 1.19. The molecule has 1 heterocycles.